The van der Waals surface area contributed by atoms with Gasteiger partial charge in [-0.15, -0.1) is 0 Å². The predicted octanol–water partition coefficient (Wildman–Crippen LogP) is 0.489. The molecule has 0 aromatic carbocycles. The SMILES string of the molecule is CN(C)S(=O)(=O)N1C[C@@H]2CC[C@H](C1)N(CCC(=O)NCc1ccco1)C2. The summed E-state index contributed by atoms with van der Waals surface area (Å²) >= 11 is 0. The molecule has 1 aromatic rings. The van der Waals surface area contributed by atoms with Crippen molar-refractivity contribution in [3.8, 4) is 0 Å². The normalized spacial score (nSPS) is 24.7. The summed E-state index contributed by atoms with van der Waals surface area (Å²) in [4.78, 5) is 14.4. The molecular formula is C17H28N4O4S. The zero-order valence-corrected chi connectivity index (χ0v) is 16.2. The van der Waals surface area contributed by atoms with Gasteiger partial charge in [-0.25, -0.2) is 0 Å². The number of carbonyl (C=O) groups is 1. The molecule has 1 amide bonds. The highest BCUT2D eigenvalue weighted by Gasteiger charge is 2.39. The minimum Gasteiger partial charge on any atom is -0.467 e. The van der Waals surface area contributed by atoms with Crippen LogP contribution in [0.15, 0.2) is 22.8 Å². The Morgan fingerprint density at radius 2 is 2.12 bits per heavy atom. The highest BCUT2D eigenvalue weighted by molar-refractivity contribution is 7.86. The highest BCUT2D eigenvalue weighted by Crippen LogP contribution is 2.29. The van der Waals surface area contributed by atoms with Crippen molar-refractivity contribution in [2.24, 2.45) is 5.92 Å². The van der Waals surface area contributed by atoms with Gasteiger partial charge < -0.3 is 9.73 Å². The molecule has 3 saturated heterocycles. The van der Waals surface area contributed by atoms with Gasteiger partial charge in [-0.05, 0) is 30.9 Å². The molecule has 0 aliphatic carbocycles. The van der Waals surface area contributed by atoms with Crippen LogP contribution in [-0.2, 0) is 21.5 Å². The Balaban J connectivity index is 1.53. The van der Waals surface area contributed by atoms with Crippen LogP contribution in [0.5, 0.6) is 0 Å². The molecule has 0 saturated carbocycles. The molecule has 4 rings (SSSR count). The third-order valence-electron chi connectivity index (χ3n) is 5.25. The van der Waals surface area contributed by atoms with E-state index in [2.05, 4.69) is 10.2 Å². The van der Waals surface area contributed by atoms with E-state index >= 15 is 0 Å². The topological polar surface area (TPSA) is 86.1 Å². The fraction of sp³-hybridized carbons (Fsp3) is 0.706. The Labute approximate surface area is 155 Å². The van der Waals surface area contributed by atoms with Crippen molar-refractivity contribution in [3.05, 3.63) is 24.2 Å². The molecule has 3 fully saturated rings. The van der Waals surface area contributed by atoms with Crippen molar-refractivity contribution in [3.63, 3.8) is 0 Å². The summed E-state index contributed by atoms with van der Waals surface area (Å²) in [5.41, 5.74) is 0. The number of furan rings is 1. The molecule has 146 valence electrons. The van der Waals surface area contributed by atoms with Gasteiger partial charge in [0, 0.05) is 52.7 Å². The molecule has 3 aliphatic heterocycles. The smallest absolute Gasteiger partial charge is 0.281 e. The molecule has 2 bridgehead atoms. The van der Waals surface area contributed by atoms with E-state index in [1.807, 2.05) is 6.07 Å². The first kappa shape index (κ1) is 19.3. The summed E-state index contributed by atoms with van der Waals surface area (Å²) in [5, 5.41) is 2.86. The van der Waals surface area contributed by atoms with E-state index in [-0.39, 0.29) is 11.9 Å². The Morgan fingerprint density at radius 1 is 1.31 bits per heavy atom. The van der Waals surface area contributed by atoms with E-state index in [4.69, 9.17) is 4.42 Å². The first-order valence-corrected chi connectivity index (χ1v) is 10.5. The first-order chi connectivity index (χ1) is 12.4. The number of rotatable bonds is 7. The Bertz CT molecular complexity index is 704. The van der Waals surface area contributed by atoms with Crippen LogP contribution in [0.3, 0.4) is 0 Å². The van der Waals surface area contributed by atoms with Crippen LogP contribution in [0.25, 0.3) is 0 Å². The van der Waals surface area contributed by atoms with Crippen LogP contribution >= 0.6 is 0 Å². The first-order valence-electron chi connectivity index (χ1n) is 9.07. The van der Waals surface area contributed by atoms with Crippen molar-refractivity contribution in [1.82, 2.24) is 18.8 Å². The predicted molar refractivity (Wildman–Crippen MR) is 97.4 cm³/mol. The lowest BCUT2D eigenvalue weighted by Crippen LogP contribution is -2.47. The van der Waals surface area contributed by atoms with Crippen LogP contribution in [0.2, 0.25) is 0 Å². The quantitative estimate of drug-likeness (QED) is 0.739. The van der Waals surface area contributed by atoms with E-state index in [0.29, 0.717) is 38.5 Å². The van der Waals surface area contributed by atoms with Crippen molar-refractivity contribution in [2.45, 2.75) is 31.8 Å². The van der Waals surface area contributed by atoms with E-state index in [9.17, 15) is 13.2 Å². The zero-order chi connectivity index (χ0) is 18.7. The second kappa shape index (κ2) is 8.08. The second-order valence-electron chi connectivity index (χ2n) is 7.31. The molecule has 26 heavy (non-hydrogen) atoms. The van der Waals surface area contributed by atoms with Gasteiger partial charge in [-0.2, -0.15) is 17.0 Å². The number of nitrogens with zero attached hydrogens (tertiary/aromatic N) is 3. The number of piperidine rings is 1. The number of hydrogen-bond donors (Lipinski definition) is 1. The van der Waals surface area contributed by atoms with Crippen molar-refractivity contribution in [2.75, 3.05) is 40.3 Å². The van der Waals surface area contributed by atoms with E-state index in [1.54, 1.807) is 30.7 Å². The molecule has 0 spiro atoms. The second-order valence-corrected chi connectivity index (χ2v) is 9.45. The molecule has 1 aromatic heterocycles. The summed E-state index contributed by atoms with van der Waals surface area (Å²) in [5.74, 6) is 1.05. The largest absolute Gasteiger partial charge is 0.467 e. The van der Waals surface area contributed by atoms with E-state index < -0.39 is 10.2 Å². The summed E-state index contributed by atoms with van der Waals surface area (Å²) < 4.78 is 33.1. The number of nitrogens with one attached hydrogen (secondary N) is 1. The molecule has 1 N–H and O–H groups in total. The molecule has 8 nitrogen and oxygen atoms in total. The van der Waals surface area contributed by atoms with Crippen molar-refractivity contribution < 1.29 is 17.6 Å². The van der Waals surface area contributed by atoms with Crippen LogP contribution in [0.4, 0.5) is 0 Å². The molecule has 4 heterocycles. The van der Waals surface area contributed by atoms with E-state index in [0.717, 1.165) is 25.1 Å². The fourth-order valence-electron chi connectivity index (χ4n) is 3.76. The lowest BCUT2D eigenvalue weighted by molar-refractivity contribution is -0.121. The lowest BCUT2D eigenvalue weighted by Gasteiger charge is -2.35. The maximum atomic E-state index is 12.5. The van der Waals surface area contributed by atoms with Gasteiger partial charge in [0.15, 0.2) is 0 Å². The third-order valence-corrected chi connectivity index (χ3v) is 7.12. The van der Waals surface area contributed by atoms with Gasteiger partial charge in [-0.3, -0.25) is 9.69 Å². The standard InChI is InChI=1S/C17H28N4O4S/c1-19(2)26(23,24)21-12-14-5-6-15(13-21)20(11-14)8-7-17(22)18-10-16-4-3-9-25-16/h3-4,9,14-15H,5-8,10-13H2,1-2H3,(H,18,22)/t14-,15-/m1/s1. The van der Waals surface area contributed by atoms with Crippen LogP contribution in [-0.4, -0.2) is 74.2 Å². The van der Waals surface area contributed by atoms with Gasteiger partial charge in [-0.1, -0.05) is 0 Å². The average Bonchev–Trinajstić information content (AvgIpc) is 2.95. The molecule has 9 heteroatoms. The maximum absolute atomic E-state index is 12.5. The molecule has 3 aliphatic rings. The molecule has 2 atom stereocenters. The number of amides is 1. The third kappa shape index (κ3) is 4.46. The van der Waals surface area contributed by atoms with Crippen LogP contribution in [0, 0.1) is 5.92 Å². The number of fused-ring (bicyclic) bond motifs is 4. The fourth-order valence-corrected chi connectivity index (χ4v) is 4.98. The summed E-state index contributed by atoms with van der Waals surface area (Å²) in [7, 11) is -0.242. The minimum atomic E-state index is -3.39. The van der Waals surface area contributed by atoms with Crippen molar-refractivity contribution in [1.29, 1.82) is 0 Å². The maximum Gasteiger partial charge on any atom is 0.281 e. The average molecular weight is 385 g/mol. The Kier molecular flexibility index (Phi) is 6.01. The van der Waals surface area contributed by atoms with Crippen LogP contribution < -0.4 is 5.32 Å². The number of hydrogen-bond acceptors (Lipinski definition) is 5. The summed E-state index contributed by atoms with van der Waals surface area (Å²) in [6.45, 7) is 2.98. The number of carbonyl (C=O) groups excluding carboxylic acids is 1. The summed E-state index contributed by atoms with van der Waals surface area (Å²) in [6, 6.07) is 3.80. The Morgan fingerprint density at radius 3 is 2.81 bits per heavy atom. The van der Waals surface area contributed by atoms with Gasteiger partial charge in [0.05, 0.1) is 12.8 Å². The van der Waals surface area contributed by atoms with Gasteiger partial charge in [0.1, 0.15) is 5.76 Å². The van der Waals surface area contributed by atoms with Gasteiger partial charge in [0.25, 0.3) is 10.2 Å². The van der Waals surface area contributed by atoms with Crippen LogP contribution in [0.1, 0.15) is 25.0 Å². The van der Waals surface area contributed by atoms with Crippen molar-refractivity contribution >= 4 is 16.1 Å². The van der Waals surface area contributed by atoms with Gasteiger partial charge >= 0.3 is 0 Å². The van der Waals surface area contributed by atoms with E-state index in [1.165, 1.54) is 4.31 Å². The van der Waals surface area contributed by atoms with Gasteiger partial charge in [0.2, 0.25) is 5.91 Å². The minimum absolute atomic E-state index is 0.0145. The molecular weight excluding hydrogens is 356 g/mol. The summed E-state index contributed by atoms with van der Waals surface area (Å²) in [6.07, 6.45) is 4.02. The monoisotopic (exact) mass is 384 g/mol. The highest BCUT2D eigenvalue weighted by atomic mass is 32.2. The molecule has 0 unspecified atom stereocenters. The lowest BCUT2D eigenvalue weighted by atomic mass is 9.95. The zero-order valence-electron chi connectivity index (χ0n) is 15.4. The Hall–Kier alpha value is -1.42. The molecule has 0 radical (unpaired) electrons.